The molecule has 0 bridgehead atoms. The molecule has 0 saturated carbocycles. The van der Waals surface area contributed by atoms with E-state index in [1.54, 1.807) is 0 Å². The summed E-state index contributed by atoms with van der Waals surface area (Å²) in [5, 5.41) is -0.0321. The van der Waals surface area contributed by atoms with E-state index in [0.29, 0.717) is 11.8 Å². The lowest BCUT2D eigenvalue weighted by atomic mass is 10.4. The van der Waals surface area contributed by atoms with Crippen molar-refractivity contribution in [3.05, 3.63) is 42.0 Å². The van der Waals surface area contributed by atoms with E-state index in [4.69, 9.17) is 0 Å². The highest BCUT2D eigenvalue weighted by Crippen LogP contribution is 2.30. The summed E-state index contributed by atoms with van der Waals surface area (Å²) in [4.78, 5) is 8.92. The minimum absolute atomic E-state index is 0.0321. The third-order valence-electron chi connectivity index (χ3n) is 1.69. The molecule has 0 fully saturated rings. The van der Waals surface area contributed by atoms with Crippen LogP contribution in [0.25, 0.3) is 0 Å². The largest absolute Gasteiger partial charge is 0.252 e. The second-order valence-corrected chi connectivity index (χ2v) is 3.76. The van der Waals surface area contributed by atoms with E-state index in [-0.39, 0.29) is 5.16 Å². The summed E-state index contributed by atoms with van der Waals surface area (Å²) in [6, 6.07) is 1.49. The molecule has 88 valence electrons. The molecular formula is C9H3F4N3S. The van der Waals surface area contributed by atoms with Crippen LogP contribution in [0.2, 0.25) is 0 Å². The monoisotopic (exact) mass is 261 g/mol. The Morgan fingerprint density at radius 3 is 1.94 bits per heavy atom. The molecule has 2 aromatic rings. The minimum atomic E-state index is -1.71. The first-order valence-corrected chi connectivity index (χ1v) is 5.06. The fourth-order valence-electron chi connectivity index (χ4n) is 0.987. The van der Waals surface area contributed by atoms with Crippen LogP contribution in [0.1, 0.15) is 0 Å². The number of rotatable bonds is 2. The van der Waals surface area contributed by atoms with Gasteiger partial charge in [0.25, 0.3) is 11.9 Å². The zero-order valence-electron chi connectivity index (χ0n) is 7.99. The lowest BCUT2D eigenvalue weighted by Gasteiger charge is -2.03. The van der Waals surface area contributed by atoms with Crippen molar-refractivity contribution in [1.29, 1.82) is 0 Å². The van der Waals surface area contributed by atoms with E-state index >= 15 is 0 Å². The fourth-order valence-corrected chi connectivity index (χ4v) is 1.74. The smallest absolute Gasteiger partial charge is 0.231 e. The number of nitrogens with zero attached hydrogens (tertiary/aromatic N) is 3. The highest BCUT2D eigenvalue weighted by atomic mass is 32.2. The van der Waals surface area contributed by atoms with E-state index in [2.05, 4.69) is 15.0 Å². The van der Waals surface area contributed by atoms with E-state index in [1.165, 1.54) is 18.5 Å². The summed E-state index contributed by atoms with van der Waals surface area (Å²) in [7, 11) is 0. The van der Waals surface area contributed by atoms with Crippen LogP contribution in [-0.2, 0) is 0 Å². The molecule has 0 radical (unpaired) electrons. The van der Waals surface area contributed by atoms with Gasteiger partial charge in [-0.1, -0.05) is 0 Å². The Morgan fingerprint density at radius 2 is 1.41 bits per heavy atom. The summed E-state index contributed by atoms with van der Waals surface area (Å²) in [5.74, 6) is -6.55. The Balaban J connectivity index is 2.46. The molecule has 8 heteroatoms. The number of hydrogen-bond acceptors (Lipinski definition) is 4. The molecule has 3 nitrogen and oxygen atoms in total. The van der Waals surface area contributed by atoms with Gasteiger partial charge in [0, 0.05) is 12.4 Å². The second-order valence-electron chi connectivity index (χ2n) is 2.78. The maximum Gasteiger partial charge on any atom is 0.252 e. The van der Waals surface area contributed by atoms with Crippen LogP contribution in [0.3, 0.4) is 0 Å². The van der Waals surface area contributed by atoms with E-state index in [9.17, 15) is 17.6 Å². The number of hydrogen-bond donors (Lipinski definition) is 0. The van der Waals surface area contributed by atoms with Gasteiger partial charge >= 0.3 is 0 Å². The molecule has 0 aromatic carbocycles. The van der Waals surface area contributed by atoms with Crippen LogP contribution in [0, 0.1) is 23.5 Å². The van der Waals surface area contributed by atoms with Crippen molar-refractivity contribution in [1.82, 2.24) is 15.0 Å². The first-order chi connectivity index (χ1) is 8.09. The molecule has 0 N–H and O–H groups in total. The highest BCUT2D eigenvalue weighted by molar-refractivity contribution is 7.99. The molecular weight excluding hydrogens is 258 g/mol. The van der Waals surface area contributed by atoms with E-state index in [1.807, 2.05) is 0 Å². The molecule has 0 spiro atoms. The van der Waals surface area contributed by atoms with Crippen molar-refractivity contribution in [2.24, 2.45) is 0 Å². The van der Waals surface area contributed by atoms with Crippen molar-refractivity contribution < 1.29 is 17.6 Å². The molecule has 0 aliphatic rings. The maximum absolute atomic E-state index is 13.2. The molecule has 0 atom stereocenters. The van der Waals surface area contributed by atoms with E-state index in [0.717, 1.165) is 0 Å². The van der Waals surface area contributed by atoms with Crippen molar-refractivity contribution in [2.75, 3.05) is 0 Å². The minimum Gasteiger partial charge on any atom is -0.231 e. The lowest BCUT2D eigenvalue weighted by molar-refractivity contribution is 0.383. The summed E-state index contributed by atoms with van der Waals surface area (Å²) in [6.45, 7) is 0. The van der Waals surface area contributed by atoms with Gasteiger partial charge < -0.3 is 0 Å². The van der Waals surface area contributed by atoms with Gasteiger partial charge in [0.1, 0.15) is 0 Å². The Morgan fingerprint density at radius 1 is 0.882 bits per heavy atom. The molecule has 0 aliphatic heterocycles. The van der Waals surface area contributed by atoms with Crippen LogP contribution in [0.15, 0.2) is 28.5 Å². The highest BCUT2D eigenvalue weighted by Gasteiger charge is 2.22. The summed E-state index contributed by atoms with van der Waals surface area (Å²) in [6.07, 6.45) is 2.66. The van der Waals surface area contributed by atoms with Crippen LogP contribution in [-0.4, -0.2) is 15.0 Å². The predicted molar refractivity (Wildman–Crippen MR) is 50.2 cm³/mol. The number of aromatic nitrogens is 3. The third kappa shape index (κ3) is 2.36. The molecule has 2 aromatic heterocycles. The molecule has 2 rings (SSSR count). The first-order valence-electron chi connectivity index (χ1n) is 4.24. The fraction of sp³-hybridized carbons (Fsp3) is 0. The summed E-state index contributed by atoms with van der Waals surface area (Å²) in [5.41, 5.74) is 0. The van der Waals surface area contributed by atoms with Gasteiger partial charge in [-0.2, -0.15) is 13.8 Å². The molecule has 0 saturated heterocycles. The van der Waals surface area contributed by atoms with Crippen molar-refractivity contribution in [2.45, 2.75) is 10.1 Å². The Labute approximate surface area is 96.9 Å². The van der Waals surface area contributed by atoms with Crippen molar-refractivity contribution in [3.63, 3.8) is 0 Å². The van der Waals surface area contributed by atoms with Gasteiger partial charge in [-0.05, 0) is 17.8 Å². The number of pyridine rings is 1. The molecule has 17 heavy (non-hydrogen) atoms. The van der Waals surface area contributed by atoms with Crippen LogP contribution < -0.4 is 0 Å². The van der Waals surface area contributed by atoms with Crippen molar-refractivity contribution in [3.8, 4) is 0 Å². The lowest BCUT2D eigenvalue weighted by Crippen LogP contribution is -2.02. The summed E-state index contributed by atoms with van der Waals surface area (Å²) < 4.78 is 52.0. The third-order valence-corrected chi connectivity index (χ3v) is 2.65. The Kier molecular flexibility index (Phi) is 3.23. The molecule has 2 heterocycles. The summed E-state index contributed by atoms with van der Waals surface area (Å²) >= 11 is 0.377. The van der Waals surface area contributed by atoms with Crippen LogP contribution in [0.4, 0.5) is 17.6 Å². The van der Waals surface area contributed by atoms with Crippen LogP contribution >= 0.6 is 11.8 Å². The molecule has 0 unspecified atom stereocenters. The average molecular weight is 261 g/mol. The Hall–Kier alpha value is -1.70. The number of halogens is 4. The van der Waals surface area contributed by atoms with Gasteiger partial charge in [0.15, 0.2) is 16.8 Å². The maximum atomic E-state index is 13.2. The van der Waals surface area contributed by atoms with Gasteiger partial charge in [-0.15, -0.1) is 0 Å². The zero-order chi connectivity index (χ0) is 12.4. The van der Waals surface area contributed by atoms with Crippen molar-refractivity contribution >= 4 is 11.8 Å². The van der Waals surface area contributed by atoms with Gasteiger partial charge in [-0.3, -0.25) is 0 Å². The van der Waals surface area contributed by atoms with Crippen LogP contribution in [0.5, 0.6) is 0 Å². The van der Waals surface area contributed by atoms with Gasteiger partial charge in [0.05, 0.1) is 4.90 Å². The van der Waals surface area contributed by atoms with Gasteiger partial charge in [-0.25, -0.2) is 18.7 Å². The predicted octanol–water partition coefficient (Wildman–Crippen LogP) is 2.58. The zero-order valence-corrected chi connectivity index (χ0v) is 8.81. The SMILES string of the molecule is Fc1nc(F)c(F)c(Sc2ncccn2)c1F. The topological polar surface area (TPSA) is 38.7 Å². The normalized spacial score (nSPS) is 10.6. The van der Waals surface area contributed by atoms with E-state index < -0.39 is 28.4 Å². The first kappa shape index (κ1) is 11.8. The Bertz CT molecular complexity index is 523. The standard InChI is InChI=1S/C9H3F4N3S/c10-4-6(5(11)8(13)16-7(4)12)17-9-14-2-1-3-15-9/h1-3H. The average Bonchev–Trinajstić information content (AvgIpc) is 2.33. The molecule has 0 aliphatic carbocycles. The second kappa shape index (κ2) is 4.66. The quantitative estimate of drug-likeness (QED) is 0.473. The van der Waals surface area contributed by atoms with Gasteiger partial charge in [0.2, 0.25) is 0 Å². The molecule has 0 amide bonds.